The predicted molar refractivity (Wildman–Crippen MR) is 111 cm³/mol. The van der Waals surface area contributed by atoms with Gasteiger partial charge in [-0.25, -0.2) is 0 Å². The summed E-state index contributed by atoms with van der Waals surface area (Å²) in [6.07, 6.45) is 3.19. The zero-order valence-corrected chi connectivity index (χ0v) is 15.6. The molecule has 0 fully saturated rings. The van der Waals surface area contributed by atoms with Crippen LogP contribution in [-0.2, 0) is 11.4 Å². The molecular formula is C24H21NO3. The van der Waals surface area contributed by atoms with Crippen molar-refractivity contribution < 1.29 is 14.3 Å². The molecule has 1 amide bonds. The molecule has 0 saturated heterocycles. The zero-order chi connectivity index (χ0) is 19.8. The molecule has 4 nitrogen and oxygen atoms in total. The van der Waals surface area contributed by atoms with Gasteiger partial charge in [-0.3, -0.25) is 9.59 Å². The second kappa shape index (κ2) is 9.33. The summed E-state index contributed by atoms with van der Waals surface area (Å²) >= 11 is 0. The van der Waals surface area contributed by atoms with E-state index in [4.69, 9.17) is 4.74 Å². The van der Waals surface area contributed by atoms with Crippen LogP contribution in [0.15, 0.2) is 84.9 Å². The molecule has 1 N–H and O–H groups in total. The monoisotopic (exact) mass is 371 g/mol. The molecule has 0 aliphatic carbocycles. The second-order valence-electron chi connectivity index (χ2n) is 6.30. The summed E-state index contributed by atoms with van der Waals surface area (Å²) in [7, 11) is 0. The topological polar surface area (TPSA) is 55.4 Å². The SMILES string of the molecule is CC(=O)c1cccc(NC(=O)/C=C/c2ccc(OCc3ccccc3)cc2)c1. The largest absolute Gasteiger partial charge is 0.489 e. The van der Waals surface area contributed by atoms with E-state index in [9.17, 15) is 9.59 Å². The zero-order valence-electron chi connectivity index (χ0n) is 15.6. The van der Waals surface area contributed by atoms with Crippen molar-refractivity contribution in [3.63, 3.8) is 0 Å². The molecule has 0 aromatic heterocycles. The van der Waals surface area contributed by atoms with E-state index in [-0.39, 0.29) is 11.7 Å². The van der Waals surface area contributed by atoms with Gasteiger partial charge in [0.2, 0.25) is 5.91 Å². The first-order valence-corrected chi connectivity index (χ1v) is 8.97. The Morgan fingerprint density at radius 3 is 2.39 bits per heavy atom. The van der Waals surface area contributed by atoms with Gasteiger partial charge in [-0.1, -0.05) is 54.6 Å². The molecule has 3 aromatic carbocycles. The maximum atomic E-state index is 12.1. The number of hydrogen-bond acceptors (Lipinski definition) is 3. The van der Waals surface area contributed by atoms with Crippen LogP contribution >= 0.6 is 0 Å². The number of benzene rings is 3. The highest BCUT2D eigenvalue weighted by Crippen LogP contribution is 2.16. The van der Waals surface area contributed by atoms with Crippen LogP contribution in [-0.4, -0.2) is 11.7 Å². The smallest absolute Gasteiger partial charge is 0.248 e. The van der Waals surface area contributed by atoms with E-state index in [1.807, 2.05) is 54.6 Å². The highest BCUT2D eigenvalue weighted by atomic mass is 16.5. The van der Waals surface area contributed by atoms with E-state index >= 15 is 0 Å². The normalized spacial score (nSPS) is 10.6. The minimum absolute atomic E-state index is 0.0405. The summed E-state index contributed by atoms with van der Waals surface area (Å²) in [6.45, 7) is 2.01. The summed E-state index contributed by atoms with van der Waals surface area (Å²) in [4.78, 5) is 23.5. The Labute approximate surface area is 164 Å². The minimum atomic E-state index is -0.259. The highest BCUT2D eigenvalue weighted by molar-refractivity contribution is 6.03. The number of anilines is 1. The number of carbonyl (C=O) groups excluding carboxylic acids is 2. The number of Topliss-reactive ketones (excluding diaryl/α,β-unsaturated/α-hetero) is 1. The van der Waals surface area contributed by atoms with Gasteiger partial charge in [0.05, 0.1) is 0 Å². The summed E-state index contributed by atoms with van der Waals surface area (Å²) < 4.78 is 5.75. The van der Waals surface area contributed by atoms with Gasteiger partial charge in [-0.2, -0.15) is 0 Å². The van der Waals surface area contributed by atoms with Crippen molar-refractivity contribution in [3.8, 4) is 5.75 Å². The fraction of sp³-hybridized carbons (Fsp3) is 0.0833. The predicted octanol–water partition coefficient (Wildman–Crippen LogP) is 5.12. The van der Waals surface area contributed by atoms with Crippen molar-refractivity contribution in [1.82, 2.24) is 0 Å². The van der Waals surface area contributed by atoms with Crippen LogP contribution in [0.5, 0.6) is 5.75 Å². The van der Waals surface area contributed by atoms with E-state index in [0.29, 0.717) is 17.9 Å². The third kappa shape index (κ3) is 5.68. The van der Waals surface area contributed by atoms with E-state index in [1.54, 1.807) is 30.3 Å². The van der Waals surface area contributed by atoms with Gasteiger partial charge >= 0.3 is 0 Å². The number of ketones is 1. The standard InChI is InChI=1S/C24H21NO3/c1-18(26)21-8-5-9-22(16-21)25-24(27)15-12-19-10-13-23(14-11-19)28-17-20-6-3-2-4-7-20/h2-16H,17H2,1H3,(H,25,27)/b15-12+. The molecule has 28 heavy (non-hydrogen) atoms. The van der Waals surface area contributed by atoms with Crippen molar-refractivity contribution >= 4 is 23.5 Å². The van der Waals surface area contributed by atoms with Crippen LogP contribution in [0.2, 0.25) is 0 Å². The first kappa shape index (κ1) is 19.1. The summed E-state index contributed by atoms with van der Waals surface area (Å²) in [5.74, 6) is 0.470. The van der Waals surface area contributed by atoms with E-state index in [1.165, 1.54) is 13.0 Å². The number of ether oxygens (including phenoxy) is 1. The first-order chi connectivity index (χ1) is 13.6. The van der Waals surface area contributed by atoms with Crippen molar-refractivity contribution in [2.45, 2.75) is 13.5 Å². The van der Waals surface area contributed by atoms with Gasteiger partial charge < -0.3 is 10.1 Å². The maximum Gasteiger partial charge on any atom is 0.248 e. The average molecular weight is 371 g/mol. The molecule has 0 atom stereocenters. The summed E-state index contributed by atoms with van der Waals surface area (Å²) in [6, 6.07) is 24.4. The summed E-state index contributed by atoms with van der Waals surface area (Å²) in [5.41, 5.74) is 3.15. The van der Waals surface area contributed by atoms with Crippen molar-refractivity contribution in [3.05, 3.63) is 102 Å². The average Bonchev–Trinajstić information content (AvgIpc) is 2.72. The van der Waals surface area contributed by atoms with Gasteiger partial charge in [0.25, 0.3) is 0 Å². The fourth-order valence-corrected chi connectivity index (χ4v) is 2.59. The van der Waals surface area contributed by atoms with Crippen LogP contribution in [0, 0.1) is 0 Å². The lowest BCUT2D eigenvalue weighted by Crippen LogP contribution is -2.08. The van der Waals surface area contributed by atoms with Crippen LogP contribution in [0.25, 0.3) is 6.08 Å². The van der Waals surface area contributed by atoms with Gasteiger partial charge in [0, 0.05) is 17.3 Å². The Balaban J connectivity index is 1.54. The Morgan fingerprint density at radius 2 is 1.68 bits per heavy atom. The van der Waals surface area contributed by atoms with Crippen molar-refractivity contribution in [2.24, 2.45) is 0 Å². The molecule has 0 unspecified atom stereocenters. The molecule has 140 valence electrons. The molecular weight excluding hydrogens is 350 g/mol. The van der Waals surface area contributed by atoms with Crippen molar-refractivity contribution in [1.29, 1.82) is 0 Å². The van der Waals surface area contributed by atoms with Gasteiger partial charge in [-0.15, -0.1) is 0 Å². The Bertz CT molecular complexity index is 976. The quantitative estimate of drug-likeness (QED) is 0.463. The van der Waals surface area contributed by atoms with Crippen LogP contribution in [0.1, 0.15) is 28.4 Å². The lowest BCUT2D eigenvalue weighted by Gasteiger charge is -2.06. The molecule has 3 aromatic rings. The second-order valence-corrected chi connectivity index (χ2v) is 6.30. The Morgan fingerprint density at radius 1 is 0.929 bits per heavy atom. The molecule has 3 rings (SSSR count). The lowest BCUT2D eigenvalue weighted by molar-refractivity contribution is -0.111. The number of rotatable bonds is 7. The Kier molecular flexibility index (Phi) is 6.37. The van der Waals surface area contributed by atoms with E-state index < -0.39 is 0 Å². The molecule has 0 radical (unpaired) electrons. The molecule has 0 spiro atoms. The number of nitrogens with one attached hydrogen (secondary N) is 1. The van der Waals surface area contributed by atoms with E-state index in [0.717, 1.165) is 16.9 Å². The molecule has 4 heteroatoms. The first-order valence-electron chi connectivity index (χ1n) is 8.97. The van der Waals surface area contributed by atoms with Gasteiger partial charge in [0.1, 0.15) is 12.4 Å². The van der Waals surface area contributed by atoms with Gasteiger partial charge in [-0.05, 0) is 48.4 Å². The van der Waals surface area contributed by atoms with E-state index in [2.05, 4.69) is 5.32 Å². The molecule has 0 heterocycles. The number of hydrogen-bond donors (Lipinski definition) is 1. The number of carbonyl (C=O) groups is 2. The fourth-order valence-electron chi connectivity index (χ4n) is 2.59. The van der Waals surface area contributed by atoms with Gasteiger partial charge in [0.15, 0.2) is 5.78 Å². The third-order valence-corrected chi connectivity index (χ3v) is 4.09. The number of amides is 1. The highest BCUT2D eigenvalue weighted by Gasteiger charge is 2.02. The van der Waals surface area contributed by atoms with Crippen LogP contribution in [0.3, 0.4) is 0 Å². The van der Waals surface area contributed by atoms with Crippen LogP contribution < -0.4 is 10.1 Å². The maximum absolute atomic E-state index is 12.1. The molecule has 0 aliphatic rings. The summed E-state index contributed by atoms with van der Waals surface area (Å²) in [5, 5.41) is 2.75. The lowest BCUT2D eigenvalue weighted by atomic mass is 10.1. The molecule has 0 aliphatic heterocycles. The Hall–Kier alpha value is -3.66. The van der Waals surface area contributed by atoms with Crippen molar-refractivity contribution in [2.75, 3.05) is 5.32 Å². The minimum Gasteiger partial charge on any atom is -0.489 e. The van der Waals surface area contributed by atoms with Crippen LogP contribution in [0.4, 0.5) is 5.69 Å². The molecule has 0 bridgehead atoms. The molecule has 0 saturated carbocycles. The third-order valence-electron chi connectivity index (χ3n) is 4.09.